The molecule has 0 saturated carbocycles. The molecule has 0 aromatic heterocycles. The third-order valence-electron chi connectivity index (χ3n) is 21.5. The molecule has 0 bridgehead atoms. The van der Waals surface area contributed by atoms with E-state index in [9.17, 15) is 28.4 Å². The van der Waals surface area contributed by atoms with Gasteiger partial charge in [-0.2, -0.15) is 0 Å². The summed E-state index contributed by atoms with van der Waals surface area (Å²) in [4.78, 5) is 75.2. The molecule has 1 heterocycles. The molecule has 0 spiro atoms. The second-order valence-electron chi connectivity index (χ2n) is 43.1. The van der Waals surface area contributed by atoms with Crippen LogP contribution in [0.5, 0.6) is 40.2 Å². The highest BCUT2D eigenvalue weighted by molar-refractivity contribution is 7.98. The fraction of sp³-hybridized carbons (Fsp3) is 0.353. The third kappa shape index (κ3) is 30.8. The van der Waals surface area contributed by atoms with Crippen LogP contribution >= 0.6 is 0 Å². The molecule has 1 unspecified atom stereocenters. The van der Waals surface area contributed by atoms with Crippen LogP contribution in [0.3, 0.4) is 0 Å². The molecule has 0 amide bonds. The van der Waals surface area contributed by atoms with Crippen LogP contribution in [0, 0.1) is 75.1 Å². The number of hydrogen-bond acceptors (Lipinski definition) is 16. The van der Waals surface area contributed by atoms with Gasteiger partial charge in [-0.05, 0) is 359 Å². The van der Waals surface area contributed by atoms with Crippen molar-refractivity contribution in [2.24, 2.45) is 0 Å². The molecule has 13 rings (SSSR count). The standard InChI is InChI=1S/C33H43O3S.C32H38FO6S.C29H35O3S.C25H25O4S/c1-22-20-28(21-23(2)29(22)35-30(34)36-33(9,10)11)37(26-16-12-24(13-17-26)31(3,4)5)27-18-14-25(15-19-27)32(6,7)8;1-19-15-25(16-20(2)27(19)36-29(34)38-31(5,6)7)40(24-13-11-23(33)12-14-24)26-17-21(3)28(22(4)18-26)37-30(35)39-32(8,9)10;1-20-18-25(19-21(2)26(20)31-27(30)32-29(6,7)8)33(23-12-10-9-11-13-23)24-16-14-22(15-17-24)28(3,4)5;1-16-14-18(15-17(2)23(16)28-24(26)29-25(3,4)5)30-21-12-8-6-10-19(21)27-20-11-7-9-13-22(20)30/h12-21H,1-11H3;11-18H,1-10H3;9-19H,1-8H3;6-15H,1-5H3/q4*+1. The molecule has 740 valence electrons. The summed E-state index contributed by atoms with van der Waals surface area (Å²) in [5, 5.41) is 0. The summed E-state index contributed by atoms with van der Waals surface area (Å²) in [6.45, 7) is 66.6. The van der Waals surface area contributed by atoms with Crippen LogP contribution in [-0.4, -0.2) is 58.8 Å². The Labute approximate surface area is 842 Å². The summed E-state index contributed by atoms with van der Waals surface area (Å²) in [6, 6.07) is 80.9. The van der Waals surface area contributed by atoms with Crippen molar-refractivity contribution < 1.29 is 80.5 Å². The van der Waals surface area contributed by atoms with Gasteiger partial charge in [-0.1, -0.05) is 141 Å². The summed E-state index contributed by atoms with van der Waals surface area (Å²) >= 11 is 0. The van der Waals surface area contributed by atoms with E-state index in [0.717, 1.165) is 96.5 Å². The highest BCUT2D eigenvalue weighted by Crippen LogP contribution is 2.49. The fourth-order valence-corrected chi connectivity index (χ4v) is 24.5. The van der Waals surface area contributed by atoms with Crippen LogP contribution in [-0.2, 0) is 83.5 Å². The number of aryl methyl sites for hydroxylation is 10. The van der Waals surface area contributed by atoms with E-state index in [1.807, 2.05) is 198 Å². The van der Waals surface area contributed by atoms with Crippen molar-refractivity contribution in [3.63, 3.8) is 0 Å². The molecule has 12 aromatic rings. The molecule has 1 atom stereocenters. The van der Waals surface area contributed by atoms with E-state index in [2.05, 4.69) is 208 Å². The van der Waals surface area contributed by atoms with Gasteiger partial charge in [-0.15, -0.1) is 0 Å². The first-order chi connectivity index (χ1) is 65.0. The van der Waals surface area contributed by atoms with E-state index < -0.39 is 69.7 Å². The predicted octanol–water partition coefficient (Wildman–Crippen LogP) is 32.9. The number of carbonyl (C=O) groups excluding carboxylic acids is 5. The van der Waals surface area contributed by atoms with E-state index in [-0.39, 0.29) is 54.7 Å². The average Bonchev–Trinajstić information content (AvgIpc) is 0.649. The van der Waals surface area contributed by atoms with Gasteiger partial charge in [-0.3, -0.25) is 0 Å². The van der Waals surface area contributed by atoms with Gasteiger partial charge in [0.1, 0.15) is 73.5 Å². The van der Waals surface area contributed by atoms with Gasteiger partial charge in [0.15, 0.2) is 60.5 Å². The summed E-state index contributed by atoms with van der Waals surface area (Å²) in [7, 11) is -1.55. The lowest BCUT2D eigenvalue weighted by Crippen LogP contribution is -2.26. The van der Waals surface area contributed by atoms with Crippen molar-refractivity contribution >= 4 is 74.4 Å². The van der Waals surface area contributed by atoms with Gasteiger partial charge in [0.25, 0.3) is 0 Å². The molecule has 0 aliphatic carbocycles. The first kappa shape index (κ1) is 110. The van der Waals surface area contributed by atoms with Crippen molar-refractivity contribution in [1.29, 1.82) is 0 Å². The van der Waals surface area contributed by atoms with Crippen molar-refractivity contribution in [2.75, 3.05) is 0 Å². The maximum atomic E-state index is 13.9. The van der Waals surface area contributed by atoms with Crippen LogP contribution < -0.4 is 28.4 Å². The van der Waals surface area contributed by atoms with E-state index in [1.54, 1.807) is 53.7 Å². The number of ether oxygens (including phenoxy) is 11. The van der Waals surface area contributed by atoms with Gasteiger partial charge in [0, 0.05) is 60.7 Å². The number of carbonyl (C=O) groups is 5. The Morgan fingerprint density at radius 1 is 0.243 bits per heavy atom. The minimum atomic E-state index is -0.768. The van der Waals surface area contributed by atoms with Crippen LogP contribution in [0.2, 0.25) is 0 Å². The Kier molecular flexibility index (Phi) is 35.3. The summed E-state index contributed by atoms with van der Waals surface area (Å²) < 4.78 is 74.7. The number of fused-ring (bicyclic) bond motifs is 2. The van der Waals surface area contributed by atoms with Crippen molar-refractivity contribution in [1.82, 2.24) is 0 Å². The zero-order valence-corrected chi connectivity index (χ0v) is 91.3. The Bertz CT molecular complexity index is 6110. The maximum Gasteiger partial charge on any atom is 0.514 e. The van der Waals surface area contributed by atoms with Crippen LogP contribution in [0.15, 0.2) is 295 Å². The Morgan fingerprint density at radius 2 is 0.436 bits per heavy atom. The Hall–Kier alpha value is -11.9. The van der Waals surface area contributed by atoms with Gasteiger partial charge in [0.05, 0.1) is 32.7 Å². The first-order valence-electron chi connectivity index (χ1n) is 47.0. The first-order valence-corrected chi connectivity index (χ1v) is 51.9. The van der Waals surface area contributed by atoms with Gasteiger partial charge in [0.2, 0.25) is 9.79 Å². The van der Waals surface area contributed by atoms with Crippen LogP contribution in [0.4, 0.5) is 28.4 Å². The summed E-state index contributed by atoms with van der Waals surface area (Å²) in [5.41, 5.74) is 9.58. The lowest BCUT2D eigenvalue weighted by Gasteiger charge is -2.21. The smallest absolute Gasteiger partial charge is 0.447 e. The molecular weight excluding hydrogens is 1830 g/mol. The van der Waals surface area contributed by atoms with Gasteiger partial charge in [-0.25, -0.2) is 28.4 Å². The molecule has 12 aromatic carbocycles. The van der Waals surface area contributed by atoms with E-state index >= 15 is 0 Å². The Balaban J connectivity index is 0.000000193. The summed E-state index contributed by atoms with van der Waals surface area (Å²) in [5.74, 6) is 3.98. The van der Waals surface area contributed by atoms with Gasteiger partial charge < -0.3 is 52.1 Å². The monoisotopic (exact) mass is 1970 g/mol. The van der Waals surface area contributed by atoms with Crippen molar-refractivity contribution in [2.45, 2.75) is 338 Å². The minimum absolute atomic E-state index is 0.0965. The second kappa shape index (κ2) is 44.9. The van der Waals surface area contributed by atoms with E-state index in [4.69, 9.17) is 52.1 Å². The van der Waals surface area contributed by atoms with E-state index in [0.29, 0.717) is 28.7 Å². The second-order valence-corrected chi connectivity index (χ2v) is 51.1. The molecule has 1 aliphatic rings. The number of benzene rings is 12. The number of para-hydroxylation sites is 2. The molecule has 140 heavy (non-hydrogen) atoms. The highest BCUT2D eigenvalue weighted by Gasteiger charge is 2.42. The Morgan fingerprint density at radius 3 is 0.657 bits per heavy atom. The molecule has 0 saturated heterocycles. The van der Waals surface area contributed by atoms with E-state index in [1.165, 1.54) is 58.2 Å². The lowest BCUT2D eigenvalue weighted by atomic mass is 9.87. The zero-order valence-electron chi connectivity index (χ0n) is 88.1. The number of halogens is 1. The SMILES string of the molecule is Cc1cc([S+](c2ccc(C(C)(C)C)cc2)c2ccc(C(C)(C)C)cc2)cc(C)c1OC(=O)OC(C)(C)C.Cc1cc([S+](c2ccc(F)cc2)c2cc(C)c(OC(=O)OC(C)(C)C)c(C)c2)cc(C)c1OC(=O)OC(C)(C)C.Cc1cc([S+](c2ccccc2)c2ccc(C(C)(C)C)cc2)cc(C)c1OC(=O)OC(C)(C)C.Cc1cc([S+]2c3ccccc3Oc3ccccc32)cc(C)c1OC(=O)OC(C)(C)C. The fourth-order valence-electron chi connectivity index (χ4n) is 15.2. The van der Waals surface area contributed by atoms with Gasteiger partial charge >= 0.3 is 30.8 Å². The average molecular weight is 1970 g/mol. The molecule has 16 nitrogen and oxygen atoms in total. The quantitative estimate of drug-likeness (QED) is 0.0408. The molecule has 0 radical (unpaired) electrons. The topological polar surface area (TPSA) is 187 Å². The normalized spacial score (nSPS) is 12.5. The highest BCUT2D eigenvalue weighted by atomic mass is 32.2. The maximum absolute atomic E-state index is 13.9. The number of hydrogen-bond donors (Lipinski definition) is 0. The largest absolute Gasteiger partial charge is 0.514 e. The molecule has 0 N–H and O–H groups in total. The number of rotatable bonds is 15. The third-order valence-corrected chi connectivity index (χ3v) is 30.3. The molecular formula is C119H141FO16S4+4. The lowest BCUT2D eigenvalue weighted by molar-refractivity contribution is 0.0190. The molecule has 21 heteroatoms. The van der Waals surface area contributed by atoms with Crippen LogP contribution in [0.25, 0.3) is 0 Å². The minimum Gasteiger partial charge on any atom is -0.447 e. The van der Waals surface area contributed by atoms with Crippen LogP contribution in [0.1, 0.15) is 238 Å². The van der Waals surface area contributed by atoms with Crippen molar-refractivity contribution in [3.05, 3.63) is 315 Å². The molecule has 1 aliphatic heterocycles. The zero-order chi connectivity index (χ0) is 104. The van der Waals surface area contributed by atoms with Crippen molar-refractivity contribution in [3.8, 4) is 40.2 Å². The predicted molar refractivity (Wildman–Crippen MR) is 564 cm³/mol. The molecule has 0 fully saturated rings. The summed E-state index contributed by atoms with van der Waals surface area (Å²) in [6.07, 6.45) is -3.58.